The molecule has 0 aliphatic heterocycles. The van der Waals surface area contributed by atoms with Crippen LogP contribution in [-0.2, 0) is 12.8 Å². The van der Waals surface area contributed by atoms with Crippen LogP contribution >= 0.6 is 23.6 Å². The van der Waals surface area contributed by atoms with Crippen LogP contribution in [0.25, 0.3) is 11.3 Å². The average Bonchev–Trinajstić information content (AvgIpc) is 3.42. The van der Waals surface area contributed by atoms with Crippen LogP contribution < -0.4 is 10.6 Å². The number of non-ortho nitro benzene ring substituents is 1. The highest BCUT2D eigenvalue weighted by molar-refractivity contribution is 7.80. The van der Waals surface area contributed by atoms with Gasteiger partial charge in [0, 0.05) is 22.6 Å². The Morgan fingerprint density at radius 3 is 2.77 bits per heavy atom. The fourth-order valence-electron chi connectivity index (χ4n) is 4.22. The molecule has 4 rings (SSSR count). The normalized spacial score (nSPS) is 15.1. The molecule has 10 heteroatoms. The van der Waals surface area contributed by atoms with Crippen LogP contribution in [-0.4, -0.2) is 15.9 Å². The van der Waals surface area contributed by atoms with Gasteiger partial charge in [0.2, 0.25) is 0 Å². The summed E-state index contributed by atoms with van der Waals surface area (Å²) in [6, 6.07) is 11.3. The van der Waals surface area contributed by atoms with Crippen LogP contribution in [0.15, 0.2) is 40.8 Å². The Kier molecular flexibility index (Phi) is 6.74. The third kappa shape index (κ3) is 5.26. The monoisotopic (exact) mass is 508 g/mol. The first-order valence-corrected chi connectivity index (χ1v) is 12.3. The summed E-state index contributed by atoms with van der Waals surface area (Å²) in [4.78, 5) is 24.4. The first-order valence-electron chi connectivity index (χ1n) is 11.1. The summed E-state index contributed by atoms with van der Waals surface area (Å²) in [5.74, 6) is 0.309. The Balaban J connectivity index is 1.45. The number of carbonyl (C=O) groups is 1. The zero-order chi connectivity index (χ0) is 25.3. The first-order chi connectivity index (χ1) is 16.6. The van der Waals surface area contributed by atoms with Gasteiger partial charge in [0.1, 0.15) is 16.8 Å². The molecule has 180 valence electrons. The van der Waals surface area contributed by atoms with Gasteiger partial charge in [0.05, 0.1) is 10.5 Å². The second kappa shape index (κ2) is 9.60. The minimum atomic E-state index is -0.563. The van der Waals surface area contributed by atoms with E-state index in [1.165, 1.54) is 34.4 Å². The maximum Gasteiger partial charge on any atom is 0.293 e. The highest BCUT2D eigenvalue weighted by Gasteiger charge is 2.32. The van der Waals surface area contributed by atoms with E-state index in [-0.39, 0.29) is 22.0 Å². The number of hydrogen-bond donors (Lipinski definition) is 2. The Hall–Kier alpha value is -3.55. The highest BCUT2D eigenvalue weighted by atomic mass is 32.1. The molecule has 3 aromatic rings. The summed E-state index contributed by atoms with van der Waals surface area (Å²) < 4.78 is 5.60. The number of nitro benzene ring substituents is 1. The first kappa shape index (κ1) is 24.6. The molecule has 0 spiro atoms. The lowest BCUT2D eigenvalue weighted by Gasteiger charge is -2.33. The minimum absolute atomic E-state index is 0.00894. The van der Waals surface area contributed by atoms with Gasteiger partial charge in [-0.1, -0.05) is 32.9 Å². The molecule has 0 saturated heterocycles. The second-order valence-corrected chi connectivity index (χ2v) is 11.0. The number of anilines is 1. The van der Waals surface area contributed by atoms with Crippen LogP contribution in [0.3, 0.4) is 0 Å². The number of thiocarbonyl (C=S) groups is 1. The standard InChI is InChI=1S/C25H24N4O4S2/c1-25(2,3)15-7-8-17-18(13-26)23(35-21(17)12-15)28-24(34)27-22(30)20-10-9-19(33-20)14-5-4-6-16(11-14)29(31)32/h4-6,9-11,15H,7-8,12H2,1-3H3,(H2,27,28,30,34). The lowest BCUT2D eigenvalue weighted by molar-refractivity contribution is -0.384. The van der Waals surface area contributed by atoms with Crippen LogP contribution in [0.1, 0.15) is 53.8 Å². The molecule has 1 aliphatic carbocycles. The average molecular weight is 509 g/mol. The quantitative estimate of drug-likeness (QED) is 0.249. The van der Waals surface area contributed by atoms with E-state index in [9.17, 15) is 20.2 Å². The van der Waals surface area contributed by atoms with Gasteiger partial charge in [-0.3, -0.25) is 20.2 Å². The van der Waals surface area contributed by atoms with Crippen molar-refractivity contribution in [2.75, 3.05) is 5.32 Å². The summed E-state index contributed by atoms with van der Waals surface area (Å²) >= 11 is 6.84. The van der Waals surface area contributed by atoms with Gasteiger partial charge in [-0.15, -0.1) is 11.3 Å². The van der Waals surface area contributed by atoms with E-state index in [0.29, 0.717) is 27.8 Å². The molecule has 1 aromatic carbocycles. The van der Waals surface area contributed by atoms with Gasteiger partial charge in [-0.25, -0.2) is 0 Å². The van der Waals surface area contributed by atoms with E-state index in [0.717, 1.165) is 24.8 Å². The smallest absolute Gasteiger partial charge is 0.293 e. The number of nitriles is 1. The molecule has 2 aromatic heterocycles. The lowest BCUT2D eigenvalue weighted by atomic mass is 9.72. The van der Waals surface area contributed by atoms with Crippen molar-refractivity contribution in [3.8, 4) is 17.4 Å². The fraction of sp³-hybridized carbons (Fsp3) is 0.320. The van der Waals surface area contributed by atoms with Gasteiger partial charge < -0.3 is 9.73 Å². The summed E-state index contributed by atoms with van der Waals surface area (Å²) in [5, 5.41) is 27.1. The number of rotatable bonds is 4. The number of nitro groups is 1. The van der Waals surface area contributed by atoms with E-state index >= 15 is 0 Å². The molecule has 1 unspecified atom stereocenters. The van der Waals surface area contributed by atoms with Crippen LogP contribution in [0.4, 0.5) is 10.7 Å². The van der Waals surface area contributed by atoms with Crippen LogP contribution in [0.2, 0.25) is 0 Å². The Labute approximate surface area is 212 Å². The van der Waals surface area contributed by atoms with E-state index in [1.807, 2.05) is 0 Å². The van der Waals surface area contributed by atoms with Gasteiger partial charge in [-0.05, 0) is 60.5 Å². The zero-order valence-corrected chi connectivity index (χ0v) is 21.1. The number of benzene rings is 1. The third-order valence-corrected chi connectivity index (χ3v) is 7.60. The maximum atomic E-state index is 12.7. The maximum absolute atomic E-state index is 12.7. The highest BCUT2D eigenvalue weighted by Crippen LogP contribution is 2.44. The number of hydrogen-bond acceptors (Lipinski definition) is 7. The topological polar surface area (TPSA) is 121 Å². The largest absolute Gasteiger partial charge is 0.451 e. The number of thiophene rings is 1. The van der Waals surface area contributed by atoms with Crippen molar-refractivity contribution >= 4 is 45.3 Å². The predicted molar refractivity (Wildman–Crippen MR) is 138 cm³/mol. The molecule has 0 radical (unpaired) electrons. The number of fused-ring (bicyclic) bond motifs is 1. The second-order valence-electron chi connectivity index (χ2n) is 9.51. The predicted octanol–water partition coefficient (Wildman–Crippen LogP) is 6.07. The van der Waals surface area contributed by atoms with E-state index in [1.54, 1.807) is 18.2 Å². The molecule has 35 heavy (non-hydrogen) atoms. The molecule has 1 amide bonds. The molecule has 1 atom stereocenters. The van der Waals surface area contributed by atoms with Crippen molar-refractivity contribution in [1.29, 1.82) is 5.26 Å². The zero-order valence-electron chi connectivity index (χ0n) is 19.5. The van der Waals surface area contributed by atoms with Gasteiger partial charge in [0.25, 0.3) is 11.6 Å². The van der Waals surface area contributed by atoms with Crippen molar-refractivity contribution in [3.63, 3.8) is 0 Å². The minimum Gasteiger partial charge on any atom is -0.451 e. The Bertz CT molecular complexity index is 1360. The number of nitrogens with zero attached hydrogens (tertiary/aromatic N) is 2. The molecule has 0 fully saturated rings. The van der Waals surface area contributed by atoms with Crippen molar-refractivity contribution in [2.24, 2.45) is 11.3 Å². The number of nitrogens with one attached hydrogen (secondary N) is 2. The van der Waals surface area contributed by atoms with Gasteiger partial charge >= 0.3 is 0 Å². The lowest BCUT2D eigenvalue weighted by Crippen LogP contribution is -2.33. The van der Waals surface area contributed by atoms with Gasteiger partial charge in [-0.2, -0.15) is 5.26 Å². The molecule has 2 N–H and O–H groups in total. The summed E-state index contributed by atoms with van der Waals surface area (Å²) in [7, 11) is 0. The van der Waals surface area contributed by atoms with Crippen molar-refractivity contribution in [3.05, 3.63) is 68.3 Å². The van der Waals surface area contributed by atoms with E-state index < -0.39 is 10.8 Å². The Morgan fingerprint density at radius 2 is 2.09 bits per heavy atom. The third-order valence-electron chi connectivity index (χ3n) is 6.23. The van der Waals surface area contributed by atoms with E-state index in [4.69, 9.17) is 16.6 Å². The van der Waals surface area contributed by atoms with Gasteiger partial charge in [0.15, 0.2) is 10.9 Å². The van der Waals surface area contributed by atoms with Crippen LogP contribution in [0, 0.1) is 32.8 Å². The molecule has 2 heterocycles. The summed E-state index contributed by atoms with van der Waals surface area (Å²) in [6.07, 6.45) is 2.81. The molecule has 1 aliphatic rings. The molecular weight excluding hydrogens is 484 g/mol. The number of amides is 1. The molecule has 8 nitrogen and oxygen atoms in total. The van der Waals surface area contributed by atoms with Crippen molar-refractivity contribution in [1.82, 2.24) is 5.32 Å². The fourth-order valence-corrected chi connectivity index (χ4v) is 5.76. The Morgan fingerprint density at radius 1 is 1.31 bits per heavy atom. The van der Waals surface area contributed by atoms with E-state index in [2.05, 4.69) is 37.5 Å². The summed E-state index contributed by atoms with van der Waals surface area (Å²) in [5.41, 5.74) is 2.26. The molecule has 0 saturated carbocycles. The van der Waals surface area contributed by atoms with Crippen LogP contribution in [0.5, 0.6) is 0 Å². The molecular formula is C25H24N4O4S2. The number of furan rings is 1. The van der Waals surface area contributed by atoms with Crippen molar-refractivity contribution in [2.45, 2.75) is 40.0 Å². The van der Waals surface area contributed by atoms with Crippen molar-refractivity contribution < 1.29 is 14.1 Å². The molecule has 0 bridgehead atoms. The SMILES string of the molecule is CC(C)(C)C1CCc2c(sc(NC(=S)NC(=O)c3ccc(-c4cccc([N+](=O)[O-])c4)o3)c2C#N)C1. The number of carbonyl (C=O) groups excluding carboxylic acids is 1. The summed E-state index contributed by atoms with van der Waals surface area (Å²) in [6.45, 7) is 6.72.